The van der Waals surface area contributed by atoms with Gasteiger partial charge in [-0.05, 0) is 20.5 Å². The van der Waals surface area contributed by atoms with E-state index in [0.717, 1.165) is 13.1 Å². The van der Waals surface area contributed by atoms with Gasteiger partial charge >= 0.3 is 0 Å². The maximum Gasteiger partial charge on any atom is 0.243 e. The molecule has 1 heterocycles. The SMILES string of the molecule is CN(C)CCCn1cc[n+](C)c1.[Br-]. The van der Waals surface area contributed by atoms with Crippen molar-refractivity contribution in [2.45, 2.75) is 13.0 Å². The molecule has 1 rings (SSSR count). The summed E-state index contributed by atoms with van der Waals surface area (Å²) in [5, 5.41) is 0. The van der Waals surface area contributed by atoms with E-state index in [1.54, 1.807) is 0 Å². The van der Waals surface area contributed by atoms with Crippen LogP contribution in [-0.4, -0.2) is 30.1 Å². The van der Waals surface area contributed by atoms with Crippen LogP contribution in [0, 0.1) is 0 Å². The van der Waals surface area contributed by atoms with Crippen LogP contribution in [0.15, 0.2) is 18.7 Å². The van der Waals surface area contributed by atoms with Gasteiger partial charge in [-0.1, -0.05) is 0 Å². The Morgan fingerprint density at radius 2 is 2.08 bits per heavy atom. The fraction of sp³-hybridized carbons (Fsp3) is 0.667. The summed E-state index contributed by atoms with van der Waals surface area (Å²) >= 11 is 0. The third-order valence-electron chi connectivity index (χ3n) is 1.85. The van der Waals surface area contributed by atoms with Crippen molar-refractivity contribution in [3.05, 3.63) is 18.7 Å². The van der Waals surface area contributed by atoms with Crippen molar-refractivity contribution in [3.8, 4) is 0 Å². The molecule has 13 heavy (non-hydrogen) atoms. The Morgan fingerprint density at radius 1 is 1.38 bits per heavy atom. The third kappa shape index (κ3) is 5.05. The second-order valence-corrected chi connectivity index (χ2v) is 3.47. The first-order valence-corrected chi connectivity index (χ1v) is 4.34. The summed E-state index contributed by atoms with van der Waals surface area (Å²) in [4.78, 5) is 2.21. The maximum absolute atomic E-state index is 2.21. The van der Waals surface area contributed by atoms with Gasteiger partial charge < -0.3 is 21.9 Å². The Labute approximate surface area is 90.7 Å². The number of nitrogens with zero attached hydrogens (tertiary/aromatic N) is 3. The molecule has 0 aliphatic heterocycles. The van der Waals surface area contributed by atoms with Crippen LogP contribution in [0.1, 0.15) is 6.42 Å². The van der Waals surface area contributed by atoms with Crippen LogP contribution in [0.5, 0.6) is 0 Å². The zero-order valence-corrected chi connectivity index (χ0v) is 10.2. The van der Waals surface area contributed by atoms with Gasteiger partial charge in [-0.2, -0.15) is 0 Å². The smallest absolute Gasteiger partial charge is 0.243 e. The number of aromatic nitrogens is 2. The highest BCUT2D eigenvalue weighted by atomic mass is 79.9. The molecule has 0 N–H and O–H groups in total. The van der Waals surface area contributed by atoms with Gasteiger partial charge in [0.25, 0.3) is 0 Å². The summed E-state index contributed by atoms with van der Waals surface area (Å²) in [5.74, 6) is 0. The first-order valence-electron chi connectivity index (χ1n) is 4.34. The van der Waals surface area contributed by atoms with Crippen LogP contribution in [0.3, 0.4) is 0 Å². The minimum Gasteiger partial charge on any atom is -1.00 e. The maximum atomic E-state index is 2.21. The number of rotatable bonds is 4. The Bertz CT molecular complexity index is 233. The van der Waals surface area contributed by atoms with Crippen LogP contribution in [0.4, 0.5) is 0 Å². The van der Waals surface area contributed by atoms with E-state index in [4.69, 9.17) is 0 Å². The lowest BCUT2D eigenvalue weighted by Gasteiger charge is -2.06. The van der Waals surface area contributed by atoms with E-state index >= 15 is 0 Å². The van der Waals surface area contributed by atoms with E-state index < -0.39 is 0 Å². The topological polar surface area (TPSA) is 12.1 Å². The highest BCUT2D eigenvalue weighted by Crippen LogP contribution is 1.90. The predicted molar refractivity (Wildman–Crippen MR) is 48.8 cm³/mol. The Balaban J connectivity index is 0.00000144. The molecule has 0 saturated carbocycles. The molecule has 76 valence electrons. The number of aryl methyl sites for hydroxylation is 2. The fourth-order valence-electron chi connectivity index (χ4n) is 1.20. The normalized spacial score (nSPS) is 10.2. The largest absolute Gasteiger partial charge is 1.00 e. The van der Waals surface area contributed by atoms with Crippen molar-refractivity contribution >= 4 is 0 Å². The zero-order valence-electron chi connectivity index (χ0n) is 8.57. The molecule has 0 aliphatic rings. The fourth-order valence-corrected chi connectivity index (χ4v) is 1.20. The van der Waals surface area contributed by atoms with Crippen molar-refractivity contribution in [1.29, 1.82) is 0 Å². The molecular formula is C9H18BrN3. The van der Waals surface area contributed by atoms with Crippen LogP contribution in [0.25, 0.3) is 0 Å². The lowest BCUT2D eigenvalue weighted by Crippen LogP contribution is -3.00. The quantitative estimate of drug-likeness (QED) is 0.527. The highest BCUT2D eigenvalue weighted by molar-refractivity contribution is 4.65. The minimum absolute atomic E-state index is 0. The molecule has 3 nitrogen and oxygen atoms in total. The average molecular weight is 248 g/mol. The van der Waals surface area contributed by atoms with E-state index in [2.05, 4.69) is 46.9 Å². The van der Waals surface area contributed by atoms with Gasteiger partial charge in [-0.3, -0.25) is 0 Å². The Morgan fingerprint density at radius 3 is 2.54 bits per heavy atom. The first kappa shape index (κ1) is 12.7. The number of hydrogen-bond acceptors (Lipinski definition) is 1. The molecule has 1 aromatic rings. The molecule has 0 bridgehead atoms. The zero-order chi connectivity index (χ0) is 8.97. The molecule has 0 fully saturated rings. The molecule has 0 spiro atoms. The number of hydrogen-bond donors (Lipinski definition) is 0. The molecule has 0 amide bonds. The highest BCUT2D eigenvalue weighted by Gasteiger charge is 1.99. The van der Waals surface area contributed by atoms with Crippen LogP contribution in [-0.2, 0) is 13.6 Å². The molecule has 0 radical (unpaired) electrons. The van der Waals surface area contributed by atoms with Crippen molar-refractivity contribution in [2.24, 2.45) is 7.05 Å². The van der Waals surface area contributed by atoms with E-state index in [1.807, 2.05) is 7.05 Å². The predicted octanol–water partition coefficient (Wildman–Crippen LogP) is -2.73. The molecule has 0 unspecified atom stereocenters. The van der Waals surface area contributed by atoms with E-state index in [1.165, 1.54) is 6.42 Å². The van der Waals surface area contributed by atoms with Gasteiger partial charge in [0.05, 0.1) is 13.6 Å². The van der Waals surface area contributed by atoms with Gasteiger partial charge in [-0.15, -0.1) is 0 Å². The standard InChI is InChI=1S/C9H18N3.BrH/c1-10(2)5-4-6-12-8-7-11(3)9-12;/h7-9H,4-6H2,1-3H3;1H/q+1;/p-1. The van der Waals surface area contributed by atoms with Gasteiger partial charge in [0.15, 0.2) is 0 Å². The summed E-state index contributed by atoms with van der Waals surface area (Å²) in [7, 11) is 6.26. The van der Waals surface area contributed by atoms with Crippen LogP contribution < -0.4 is 21.5 Å². The van der Waals surface area contributed by atoms with Crippen molar-refractivity contribution < 1.29 is 21.5 Å². The summed E-state index contributed by atoms with van der Waals surface area (Å²) in [5.41, 5.74) is 0. The third-order valence-corrected chi connectivity index (χ3v) is 1.85. The first-order chi connectivity index (χ1) is 5.68. The van der Waals surface area contributed by atoms with Crippen molar-refractivity contribution in [2.75, 3.05) is 20.6 Å². The van der Waals surface area contributed by atoms with Gasteiger partial charge in [0.2, 0.25) is 6.33 Å². The molecule has 4 heteroatoms. The summed E-state index contributed by atoms with van der Waals surface area (Å²) in [6, 6.07) is 0. The molecule has 0 aromatic carbocycles. The molecule has 0 saturated heterocycles. The van der Waals surface area contributed by atoms with Crippen LogP contribution >= 0.6 is 0 Å². The number of halogens is 1. The van der Waals surface area contributed by atoms with Gasteiger partial charge in [-0.25, -0.2) is 9.13 Å². The summed E-state index contributed by atoms with van der Waals surface area (Å²) in [6.45, 7) is 2.26. The second kappa shape index (κ2) is 6.16. The van der Waals surface area contributed by atoms with Gasteiger partial charge in [0, 0.05) is 6.54 Å². The molecule has 0 aliphatic carbocycles. The van der Waals surface area contributed by atoms with Crippen molar-refractivity contribution in [1.82, 2.24) is 9.47 Å². The molecular weight excluding hydrogens is 230 g/mol. The monoisotopic (exact) mass is 247 g/mol. The van der Waals surface area contributed by atoms with E-state index in [-0.39, 0.29) is 17.0 Å². The summed E-state index contributed by atoms with van der Waals surface area (Å²) in [6.07, 6.45) is 7.49. The molecule has 0 atom stereocenters. The van der Waals surface area contributed by atoms with Gasteiger partial charge in [0.1, 0.15) is 12.4 Å². The number of imidazole rings is 1. The second-order valence-electron chi connectivity index (χ2n) is 3.47. The Kier molecular flexibility index (Phi) is 5.99. The minimum atomic E-state index is 0. The lowest BCUT2D eigenvalue weighted by molar-refractivity contribution is -0.671. The van der Waals surface area contributed by atoms with Crippen molar-refractivity contribution in [3.63, 3.8) is 0 Å². The van der Waals surface area contributed by atoms with E-state index in [0.29, 0.717) is 0 Å². The Hall–Kier alpha value is -0.350. The average Bonchev–Trinajstić information content (AvgIpc) is 2.35. The molecule has 1 aromatic heterocycles. The summed E-state index contributed by atoms with van der Waals surface area (Å²) < 4.78 is 4.28. The van der Waals surface area contributed by atoms with Crippen LogP contribution in [0.2, 0.25) is 0 Å². The lowest BCUT2D eigenvalue weighted by atomic mass is 10.4. The van der Waals surface area contributed by atoms with E-state index in [9.17, 15) is 0 Å².